The number of fused-ring (bicyclic) bond motifs is 1. The Labute approximate surface area is 61.9 Å². The molecule has 2 aliphatic rings. The lowest BCUT2D eigenvalue weighted by Gasteiger charge is -2.35. The van der Waals surface area contributed by atoms with Crippen LogP contribution in [0.5, 0.6) is 0 Å². The monoisotopic (exact) mass is 141 g/mol. The number of ether oxygens (including phenoxy) is 1. The fourth-order valence-electron chi connectivity index (χ4n) is 2.05. The van der Waals surface area contributed by atoms with Gasteiger partial charge in [0.25, 0.3) is 0 Å². The summed E-state index contributed by atoms with van der Waals surface area (Å²) in [6, 6.07) is 0.780. The van der Waals surface area contributed by atoms with Gasteiger partial charge in [0.15, 0.2) is 0 Å². The van der Waals surface area contributed by atoms with Crippen LogP contribution in [0.2, 0.25) is 0 Å². The highest BCUT2D eigenvalue weighted by Crippen LogP contribution is 2.26. The van der Waals surface area contributed by atoms with Gasteiger partial charge in [-0.2, -0.15) is 0 Å². The first-order valence-electron chi connectivity index (χ1n) is 4.28. The Morgan fingerprint density at radius 3 is 3.00 bits per heavy atom. The van der Waals surface area contributed by atoms with E-state index in [1.807, 2.05) is 0 Å². The van der Waals surface area contributed by atoms with Gasteiger partial charge in [-0.05, 0) is 18.8 Å². The van der Waals surface area contributed by atoms with Crippen molar-refractivity contribution in [1.82, 2.24) is 5.32 Å². The molecule has 2 rings (SSSR count). The van der Waals surface area contributed by atoms with Gasteiger partial charge in [0.1, 0.15) is 0 Å². The molecule has 2 fully saturated rings. The van der Waals surface area contributed by atoms with Crippen LogP contribution in [0.4, 0.5) is 0 Å². The van der Waals surface area contributed by atoms with E-state index in [1.54, 1.807) is 0 Å². The summed E-state index contributed by atoms with van der Waals surface area (Å²) in [6.45, 7) is 1.78. The Kier molecular flexibility index (Phi) is 1.91. The van der Waals surface area contributed by atoms with Crippen LogP contribution in [0, 0.1) is 5.92 Å². The molecule has 0 unspecified atom stereocenters. The molecule has 0 amide bonds. The van der Waals surface area contributed by atoms with Crippen molar-refractivity contribution in [3.63, 3.8) is 0 Å². The molecule has 0 spiro atoms. The first kappa shape index (κ1) is 6.62. The van der Waals surface area contributed by atoms with E-state index in [0.29, 0.717) is 0 Å². The molecule has 2 heteroatoms. The van der Waals surface area contributed by atoms with Crippen molar-refractivity contribution in [2.45, 2.75) is 31.7 Å². The summed E-state index contributed by atoms with van der Waals surface area (Å²) in [7, 11) is 0. The zero-order valence-electron chi connectivity index (χ0n) is 6.31. The highest BCUT2D eigenvalue weighted by molar-refractivity contribution is 4.81. The molecule has 0 bridgehead atoms. The predicted molar refractivity (Wildman–Crippen MR) is 39.7 cm³/mol. The lowest BCUT2D eigenvalue weighted by atomic mass is 9.84. The van der Waals surface area contributed by atoms with Gasteiger partial charge in [0.05, 0.1) is 13.3 Å². The summed E-state index contributed by atoms with van der Waals surface area (Å²) in [5, 5.41) is 3.40. The van der Waals surface area contributed by atoms with Crippen LogP contribution in [0.3, 0.4) is 0 Å². The third-order valence-electron chi connectivity index (χ3n) is 2.69. The Balaban J connectivity index is 1.93. The summed E-state index contributed by atoms with van der Waals surface area (Å²) in [5.41, 5.74) is 0. The molecule has 0 aromatic rings. The number of hydrogen-bond donors (Lipinski definition) is 1. The van der Waals surface area contributed by atoms with Crippen molar-refractivity contribution in [1.29, 1.82) is 0 Å². The molecule has 0 aromatic heterocycles. The van der Waals surface area contributed by atoms with Crippen molar-refractivity contribution >= 4 is 0 Å². The molecule has 1 saturated carbocycles. The lowest BCUT2D eigenvalue weighted by Crippen LogP contribution is -2.46. The average molecular weight is 141 g/mol. The molecule has 1 heterocycles. The van der Waals surface area contributed by atoms with Gasteiger partial charge in [0.2, 0.25) is 0 Å². The van der Waals surface area contributed by atoms with Gasteiger partial charge in [0, 0.05) is 6.04 Å². The normalized spacial score (nSPS) is 40.8. The Morgan fingerprint density at radius 2 is 2.10 bits per heavy atom. The minimum Gasteiger partial charge on any atom is -0.366 e. The highest BCUT2D eigenvalue weighted by atomic mass is 16.5. The quantitative estimate of drug-likeness (QED) is 0.546. The van der Waals surface area contributed by atoms with Crippen molar-refractivity contribution in [3.8, 4) is 0 Å². The van der Waals surface area contributed by atoms with Gasteiger partial charge in [-0.1, -0.05) is 12.8 Å². The van der Waals surface area contributed by atoms with E-state index in [1.165, 1.54) is 25.7 Å². The van der Waals surface area contributed by atoms with Crippen LogP contribution in [0.25, 0.3) is 0 Å². The van der Waals surface area contributed by atoms with Gasteiger partial charge in [-0.3, -0.25) is 5.32 Å². The second kappa shape index (κ2) is 2.89. The molecule has 1 N–H and O–H groups in total. The Bertz CT molecular complexity index is 89.8. The van der Waals surface area contributed by atoms with E-state index in [2.05, 4.69) is 5.32 Å². The zero-order chi connectivity index (χ0) is 6.81. The molecule has 1 aliphatic carbocycles. The second-order valence-corrected chi connectivity index (χ2v) is 3.37. The summed E-state index contributed by atoms with van der Waals surface area (Å²) in [5.74, 6) is 0.822. The van der Waals surface area contributed by atoms with E-state index in [0.717, 1.165) is 25.3 Å². The third kappa shape index (κ3) is 1.18. The molecule has 2 atom stereocenters. The molecule has 0 aromatic carbocycles. The standard InChI is InChI=1S/C8H15NO/c1-2-4-8-7(3-1)5-10-6-9-8/h7-9H,1-6H2/t7-,8+/m1/s1. The van der Waals surface area contributed by atoms with Crippen LogP contribution in [0.15, 0.2) is 0 Å². The van der Waals surface area contributed by atoms with Gasteiger partial charge in [-0.15, -0.1) is 0 Å². The van der Waals surface area contributed by atoms with Crippen LogP contribution in [-0.4, -0.2) is 19.4 Å². The highest BCUT2D eigenvalue weighted by Gasteiger charge is 2.27. The molecular formula is C8H15NO. The smallest absolute Gasteiger partial charge is 0.0967 e. The maximum Gasteiger partial charge on any atom is 0.0967 e. The summed E-state index contributed by atoms with van der Waals surface area (Å²) in [4.78, 5) is 0. The maximum atomic E-state index is 5.33. The van der Waals surface area contributed by atoms with Gasteiger partial charge in [-0.25, -0.2) is 0 Å². The van der Waals surface area contributed by atoms with Crippen LogP contribution in [-0.2, 0) is 4.74 Å². The topological polar surface area (TPSA) is 21.3 Å². The van der Waals surface area contributed by atoms with E-state index >= 15 is 0 Å². The van der Waals surface area contributed by atoms with Crippen molar-refractivity contribution in [3.05, 3.63) is 0 Å². The fourth-order valence-corrected chi connectivity index (χ4v) is 2.05. The van der Waals surface area contributed by atoms with Crippen molar-refractivity contribution < 1.29 is 4.74 Å². The minimum absolute atomic E-state index is 0.779. The summed E-state index contributed by atoms with van der Waals surface area (Å²) in [6.07, 6.45) is 5.56. The van der Waals surface area contributed by atoms with E-state index in [9.17, 15) is 0 Å². The molecule has 1 saturated heterocycles. The largest absolute Gasteiger partial charge is 0.366 e. The minimum atomic E-state index is 0.779. The summed E-state index contributed by atoms with van der Waals surface area (Å²) >= 11 is 0. The number of hydrogen-bond acceptors (Lipinski definition) is 2. The Morgan fingerprint density at radius 1 is 1.20 bits per heavy atom. The van der Waals surface area contributed by atoms with E-state index < -0.39 is 0 Å². The first-order chi connectivity index (χ1) is 4.97. The number of rotatable bonds is 0. The van der Waals surface area contributed by atoms with Crippen LogP contribution < -0.4 is 5.32 Å². The van der Waals surface area contributed by atoms with Crippen molar-refractivity contribution in [2.24, 2.45) is 5.92 Å². The number of nitrogens with one attached hydrogen (secondary N) is 1. The fraction of sp³-hybridized carbons (Fsp3) is 1.00. The lowest BCUT2D eigenvalue weighted by molar-refractivity contribution is 0.00214. The predicted octanol–water partition coefficient (Wildman–Crippen LogP) is 1.12. The third-order valence-corrected chi connectivity index (χ3v) is 2.69. The van der Waals surface area contributed by atoms with Crippen molar-refractivity contribution in [2.75, 3.05) is 13.3 Å². The molecule has 2 nitrogen and oxygen atoms in total. The van der Waals surface area contributed by atoms with E-state index in [4.69, 9.17) is 4.74 Å². The molecular weight excluding hydrogens is 126 g/mol. The Hall–Kier alpha value is -0.0800. The maximum absolute atomic E-state index is 5.33. The SMILES string of the molecule is C1CC[C@@H]2NCOC[C@H]2C1. The first-order valence-corrected chi connectivity index (χ1v) is 4.28. The second-order valence-electron chi connectivity index (χ2n) is 3.37. The zero-order valence-corrected chi connectivity index (χ0v) is 6.31. The average Bonchev–Trinajstić information content (AvgIpc) is 2.05. The molecule has 1 aliphatic heterocycles. The molecule has 58 valence electrons. The van der Waals surface area contributed by atoms with Crippen LogP contribution >= 0.6 is 0 Å². The van der Waals surface area contributed by atoms with Crippen LogP contribution in [0.1, 0.15) is 25.7 Å². The van der Waals surface area contributed by atoms with E-state index in [-0.39, 0.29) is 0 Å². The van der Waals surface area contributed by atoms with Gasteiger partial charge >= 0.3 is 0 Å². The molecule has 10 heavy (non-hydrogen) atoms. The van der Waals surface area contributed by atoms with Gasteiger partial charge < -0.3 is 4.74 Å². The molecule has 0 radical (unpaired) electrons. The summed E-state index contributed by atoms with van der Waals surface area (Å²) < 4.78 is 5.33.